The molecule has 0 spiro atoms. The minimum atomic E-state index is -0.359. The Bertz CT molecular complexity index is 525. The van der Waals surface area contributed by atoms with E-state index >= 15 is 0 Å². The summed E-state index contributed by atoms with van der Waals surface area (Å²) in [4.78, 5) is 13.6. The van der Waals surface area contributed by atoms with E-state index in [9.17, 15) is 4.79 Å². The summed E-state index contributed by atoms with van der Waals surface area (Å²) in [6, 6.07) is 18.9. The van der Waals surface area contributed by atoms with Crippen LogP contribution < -0.4 is 4.74 Å². The van der Waals surface area contributed by atoms with Crippen molar-refractivity contribution in [1.82, 2.24) is 4.90 Å². The second-order valence-electron chi connectivity index (χ2n) is 4.38. The lowest BCUT2D eigenvalue weighted by Gasteiger charge is -2.24. The van der Waals surface area contributed by atoms with Crippen molar-refractivity contribution in [1.29, 1.82) is 0 Å². The van der Waals surface area contributed by atoms with Gasteiger partial charge in [0.2, 0.25) is 0 Å². The lowest BCUT2D eigenvalue weighted by atomic mass is 10.1. The molecule has 0 bridgehead atoms. The van der Waals surface area contributed by atoms with E-state index in [2.05, 4.69) is 0 Å². The fraction of sp³-hybridized carbons (Fsp3) is 0.188. The van der Waals surface area contributed by atoms with Crippen molar-refractivity contribution >= 4 is 6.09 Å². The van der Waals surface area contributed by atoms with E-state index in [4.69, 9.17) is 4.74 Å². The minimum absolute atomic E-state index is 0.0302. The Balaban J connectivity index is 2.03. The van der Waals surface area contributed by atoms with E-state index in [1.807, 2.05) is 55.5 Å². The Kier molecular flexibility index (Phi) is 4.18. The monoisotopic (exact) mass is 255 g/mol. The fourth-order valence-electron chi connectivity index (χ4n) is 1.77. The molecule has 3 nitrogen and oxygen atoms in total. The second-order valence-corrected chi connectivity index (χ2v) is 4.38. The number of benzene rings is 2. The van der Waals surface area contributed by atoms with Crippen LogP contribution in [0.1, 0.15) is 18.5 Å². The van der Waals surface area contributed by atoms with Gasteiger partial charge in [0, 0.05) is 7.05 Å². The average molecular weight is 255 g/mol. The number of carbonyl (C=O) groups excluding carboxylic acids is 1. The summed E-state index contributed by atoms with van der Waals surface area (Å²) in [6.45, 7) is 1.97. The summed E-state index contributed by atoms with van der Waals surface area (Å²) < 4.78 is 5.31. The first kappa shape index (κ1) is 13.1. The van der Waals surface area contributed by atoms with E-state index in [0.717, 1.165) is 5.56 Å². The molecular formula is C16H17NO2. The van der Waals surface area contributed by atoms with Crippen LogP contribution in [0.3, 0.4) is 0 Å². The van der Waals surface area contributed by atoms with E-state index < -0.39 is 0 Å². The van der Waals surface area contributed by atoms with Crippen molar-refractivity contribution in [2.75, 3.05) is 7.05 Å². The molecule has 0 aliphatic heterocycles. The molecule has 1 amide bonds. The summed E-state index contributed by atoms with van der Waals surface area (Å²) in [5.41, 5.74) is 1.08. The third-order valence-corrected chi connectivity index (χ3v) is 3.10. The summed E-state index contributed by atoms with van der Waals surface area (Å²) in [6.07, 6.45) is -0.359. The Hall–Kier alpha value is -2.29. The predicted molar refractivity (Wildman–Crippen MR) is 75.1 cm³/mol. The fourth-order valence-corrected chi connectivity index (χ4v) is 1.77. The zero-order chi connectivity index (χ0) is 13.7. The largest absolute Gasteiger partial charge is 0.415 e. The zero-order valence-corrected chi connectivity index (χ0v) is 11.1. The van der Waals surface area contributed by atoms with Crippen molar-refractivity contribution in [2.45, 2.75) is 13.0 Å². The number of hydrogen-bond donors (Lipinski definition) is 0. The van der Waals surface area contributed by atoms with Gasteiger partial charge in [-0.3, -0.25) is 0 Å². The molecule has 0 aliphatic carbocycles. The highest BCUT2D eigenvalue weighted by molar-refractivity contribution is 5.70. The molecule has 19 heavy (non-hydrogen) atoms. The van der Waals surface area contributed by atoms with E-state index in [1.165, 1.54) is 0 Å². The van der Waals surface area contributed by atoms with Gasteiger partial charge >= 0.3 is 6.09 Å². The van der Waals surface area contributed by atoms with Gasteiger partial charge in [-0.05, 0) is 24.6 Å². The van der Waals surface area contributed by atoms with Crippen LogP contribution in [0.15, 0.2) is 60.7 Å². The van der Waals surface area contributed by atoms with Gasteiger partial charge in [0.15, 0.2) is 0 Å². The van der Waals surface area contributed by atoms with Crippen LogP contribution in [-0.4, -0.2) is 18.0 Å². The van der Waals surface area contributed by atoms with Crippen LogP contribution in [0.4, 0.5) is 4.79 Å². The number of carbonyl (C=O) groups is 1. The van der Waals surface area contributed by atoms with Gasteiger partial charge in [-0.1, -0.05) is 48.5 Å². The van der Waals surface area contributed by atoms with Crippen LogP contribution in [0, 0.1) is 0 Å². The molecule has 1 atom stereocenters. The topological polar surface area (TPSA) is 29.5 Å². The molecule has 2 rings (SSSR count). The first-order valence-electron chi connectivity index (χ1n) is 6.23. The maximum atomic E-state index is 12.0. The molecule has 0 saturated heterocycles. The molecule has 0 radical (unpaired) electrons. The van der Waals surface area contributed by atoms with Crippen LogP contribution >= 0.6 is 0 Å². The molecular weight excluding hydrogens is 238 g/mol. The summed E-state index contributed by atoms with van der Waals surface area (Å²) in [5.74, 6) is 0.555. The molecule has 98 valence electrons. The van der Waals surface area contributed by atoms with Gasteiger partial charge in [-0.25, -0.2) is 4.79 Å². The van der Waals surface area contributed by atoms with Crippen LogP contribution in [-0.2, 0) is 0 Å². The SMILES string of the molecule is CC(c1ccccc1)N(C)C(=O)Oc1ccccc1. The molecule has 1 unspecified atom stereocenters. The summed E-state index contributed by atoms with van der Waals surface area (Å²) >= 11 is 0. The number of nitrogens with zero attached hydrogens (tertiary/aromatic N) is 1. The van der Waals surface area contributed by atoms with Gasteiger partial charge in [0.25, 0.3) is 0 Å². The van der Waals surface area contributed by atoms with Crippen molar-refractivity contribution in [2.24, 2.45) is 0 Å². The number of para-hydroxylation sites is 1. The molecule has 0 aliphatic rings. The number of amides is 1. The maximum absolute atomic E-state index is 12.0. The highest BCUT2D eigenvalue weighted by Crippen LogP contribution is 2.20. The Labute approximate surface area is 113 Å². The van der Waals surface area contributed by atoms with E-state index in [-0.39, 0.29) is 12.1 Å². The average Bonchev–Trinajstić information content (AvgIpc) is 2.47. The lowest BCUT2D eigenvalue weighted by Crippen LogP contribution is -2.32. The first-order chi connectivity index (χ1) is 9.18. The quantitative estimate of drug-likeness (QED) is 0.833. The Morgan fingerprint density at radius 1 is 1.00 bits per heavy atom. The predicted octanol–water partition coefficient (Wildman–Crippen LogP) is 3.88. The van der Waals surface area contributed by atoms with Crippen molar-refractivity contribution in [3.8, 4) is 5.75 Å². The molecule has 0 fully saturated rings. The standard InChI is InChI=1S/C16H17NO2/c1-13(14-9-5-3-6-10-14)17(2)16(18)19-15-11-7-4-8-12-15/h3-13H,1-2H3. The third-order valence-electron chi connectivity index (χ3n) is 3.10. The third kappa shape index (κ3) is 3.35. The van der Waals surface area contributed by atoms with Gasteiger partial charge in [0.1, 0.15) is 5.75 Å². The molecule has 0 heterocycles. The summed E-state index contributed by atoms with van der Waals surface area (Å²) in [7, 11) is 1.74. The van der Waals surface area contributed by atoms with Crippen molar-refractivity contribution < 1.29 is 9.53 Å². The number of ether oxygens (including phenoxy) is 1. The summed E-state index contributed by atoms with van der Waals surface area (Å²) in [5, 5.41) is 0. The highest BCUT2D eigenvalue weighted by Gasteiger charge is 2.18. The smallest absolute Gasteiger partial charge is 0.410 e. The number of hydrogen-bond acceptors (Lipinski definition) is 2. The molecule has 0 saturated carbocycles. The minimum Gasteiger partial charge on any atom is -0.410 e. The van der Waals surface area contributed by atoms with Crippen LogP contribution in [0.25, 0.3) is 0 Å². The van der Waals surface area contributed by atoms with Crippen LogP contribution in [0.5, 0.6) is 5.75 Å². The maximum Gasteiger partial charge on any atom is 0.415 e. The van der Waals surface area contributed by atoms with Gasteiger partial charge in [0.05, 0.1) is 6.04 Å². The second kappa shape index (κ2) is 6.05. The van der Waals surface area contributed by atoms with E-state index in [1.54, 1.807) is 24.1 Å². The molecule has 0 N–H and O–H groups in total. The molecule has 3 heteroatoms. The van der Waals surface area contributed by atoms with Gasteiger partial charge in [-0.2, -0.15) is 0 Å². The van der Waals surface area contributed by atoms with E-state index in [0.29, 0.717) is 5.75 Å². The van der Waals surface area contributed by atoms with Crippen molar-refractivity contribution in [3.05, 3.63) is 66.2 Å². The Morgan fingerprint density at radius 3 is 2.11 bits per heavy atom. The molecule has 2 aromatic carbocycles. The normalized spacial score (nSPS) is 11.7. The van der Waals surface area contributed by atoms with Gasteiger partial charge < -0.3 is 9.64 Å². The first-order valence-corrected chi connectivity index (χ1v) is 6.23. The molecule has 0 aromatic heterocycles. The van der Waals surface area contributed by atoms with Gasteiger partial charge in [-0.15, -0.1) is 0 Å². The molecule has 2 aromatic rings. The zero-order valence-electron chi connectivity index (χ0n) is 11.1. The highest BCUT2D eigenvalue weighted by atomic mass is 16.6. The van der Waals surface area contributed by atoms with Crippen LogP contribution in [0.2, 0.25) is 0 Å². The Morgan fingerprint density at radius 2 is 1.53 bits per heavy atom. The number of rotatable bonds is 3. The lowest BCUT2D eigenvalue weighted by molar-refractivity contribution is 0.149. The van der Waals surface area contributed by atoms with Crippen molar-refractivity contribution in [3.63, 3.8) is 0 Å².